The van der Waals surface area contributed by atoms with Crippen LogP contribution in [0.4, 0.5) is 0 Å². The van der Waals surface area contributed by atoms with Crippen LogP contribution in [0.2, 0.25) is 0 Å². The van der Waals surface area contributed by atoms with Gasteiger partial charge < -0.3 is 5.11 Å². The van der Waals surface area contributed by atoms with Gasteiger partial charge in [-0.1, -0.05) is 55.0 Å². The highest BCUT2D eigenvalue weighted by Gasteiger charge is 2.42. The maximum Gasteiger partial charge on any atom is 0.166 e. The van der Waals surface area contributed by atoms with Gasteiger partial charge in [0.15, 0.2) is 5.75 Å². The Kier molecular flexibility index (Phi) is 3.45. The Hall–Kier alpha value is -2.88. The number of fused-ring (bicyclic) bond motifs is 3. The molecule has 4 heteroatoms. The molecular formula is C22H20N2O2. The first-order chi connectivity index (χ1) is 12.8. The van der Waals surface area contributed by atoms with Crippen LogP contribution in [0.25, 0.3) is 16.9 Å². The molecule has 2 atom stereocenters. The van der Waals surface area contributed by atoms with Gasteiger partial charge in [0.2, 0.25) is 0 Å². The van der Waals surface area contributed by atoms with Crippen LogP contribution in [0, 0.1) is 5.92 Å². The van der Waals surface area contributed by atoms with E-state index in [1.165, 1.54) is 0 Å². The second-order valence-corrected chi connectivity index (χ2v) is 7.22. The first-order valence-electron chi connectivity index (χ1n) is 9.25. The molecule has 5 rings (SSSR count). The fourth-order valence-electron chi connectivity index (χ4n) is 4.54. The SMILES string of the molecule is O=C1CCCCC1C1c2ccccc2-n2nc(-c3ccccc3)c(O)c21. The molecule has 130 valence electrons. The topological polar surface area (TPSA) is 55.1 Å². The van der Waals surface area contributed by atoms with Crippen LogP contribution in [-0.4, -0.2) is 20.7 Å². The molecule has 1 N–H and O–H groups in total. The Labute approximate surface area is 152 Å². The van der Waals surface area contributed by atoms with E-state index in [0.29, 0.717) is 17.9 Å². The molecule has 0 radical (unpaired) electrons. The lowest BCUT2D eigenvalue weighted by molar-refractivity contribution is -0.125. The van der Waals surface area contributed by atoms with Crippen LogP contribution < -0.4 is 0 Å². The van der Waals surface area contributed by atoms with Gasteiger partial charge >= 0.3 is 0 Å². The van der Waals surface area contributed by atoms with E-state index in [1.807, 2.05) is 53.2 Å². The number of para-hydroxylation sites is 1. The minimum absolute atomic E-state index is 0.0719. The third-order valence-electron chi connectivity index (χ3n) is 5.74. The minimum atomic E-state index is -0.107. The maximum atomic E-state index is 12.7. The molecule has 1 fully saturated rings. The second-order valence-electron chi connectivity index (χ2n) is 7.22. The molecule has 2 aliphatic rings. The molecule has 0 amide bonds. The van der Waals surface area contributed by atoms with Crippen LogP contribution in [0.5, 0.6) is 5.75 Å². The molecule has 1 aromatic heterocycles. The number of carbonyl (C=O) groups is 1. The highest BCUT2D eigenvalue weighted by atomic mass is 16.3. The lowest BCUT2D eigenvalue weighted by Gasteiger charge is -2.26. The van der Waals surface area contributed by atoms with Gasteiger partial charge in [-0.25, -0.2) is 4.68 Å². The zero-order chi connectivity index (χ0) is 17.7. The predicted molar refractivity (Wildman–Crippen MR) is 99.5 cm³/mol. The molecule has 1 saturated carbocycles. The smallest absolute Gasteiger partial charge is 0.166 e. The van der Waals surface area contributed by atoms with Crippen molar-refractivity contribution in [3.05, 3.63) is 65.9 Å². The van der Waals surface area contributed by atoms with Crippen LogP contribution >= 0.6 is 0 Å². The highest BCUT2D eigenvalue weighted by Crippen LogP contribution is 2.51. The van der Waals surface area contributed by atoms with Gasteiger partial charge in [0.05, 0.1) is 11.4 Å². The number of aromatic nitrogens is 2. The molecule has 0 saturated heterocycles. The van der Waals surface area contributed by atoms with Gasteiger partial charge in [-0.3, -0.25) is 4.79 Å². The summed E-state index contributed by atoms with van der Waals surface area (Å²) in [5.41, 5.74) is 4.32. The van der Waals surface area contributed by atoms with Gasteiger partial charge in [0.1, 0.15) is 11.5 Å². The van der Waals surface area contributed by atoms with Gasteiger partial charge in [0, 0.05) is 23.8 Å². The van der Waals surface area contributed by atoms with Gasteiger partial charge in [-0.2, -0.15) is 5.10 Å². The van der Waals surface area contributed by atoms with E-state index < -0.39 is 0 Å². The summed E-state index contributed by atoms with van der Waals surface area (Å²) < 4.78 is 1.85. The van der Waals surface area contributed by atoms with Crippen molar-refractivity contribution >= 4 is 5.78 Å². The van der Waals surface area contributed by atoms with Crippen molar-refractivity contribution in [2.45, 2.75) is 31.6 Å². The van der Waals surface area contributed by atoms with E-state index in [9.17, 15) is 9.90 Å². The largest absolute Gasteiger partial charge is 0.504 e. The lowest BCUT2D eigenvalue weighted by Crippen LogP contribution is -2.25. The third-order valence-corrected chi connectivity index (χ3v) is 5.74. The van der Waals surface area contributed by atoms with Crippen molar-refractivity contribution in [1.29, 1.82) is 0 Å². The summed E-state index contributed by atoms with van der Waals surface area (Å²) in [6.07, 6.45) is 3.56. The first-order valence-corrected chi connectivity index (χ1v) is 9.25. The number of Topliss-reactive ketones (excluding diaryl/α,β-unsaturated/α-hetero) is 1. The Bertz CT molecular complexity index is 991. The Morgan fingerprint density at radius 3 is 2.58 bits per heavy atom. The third kappa shape index (κ3) is 2.15. The van der Waals surface area contributed by atoms with Gasteiger partial charge in [-0.05, 0) is 24.5 Å². The predicted octanol–water partition coefficient (Wildman–Crippen LogP) is 4.45. The lowest BCUT2D eigenvalue weighted by atomic mass is 9.75. The number of ketones is 1. The molecule has 2 aromatic carbocycles. The van der Waals surface area contributed by atoms with Crippen molar-refractivity contribution in [3.63, 3.8) is 0 Å². The number of hydrogen-bond donors (Lipinski definition) is 1. The summed E-state index contributed by atoms with van der Waals surface area (Å²) in [7, 11) is 0. The van der Waals surface area contributed by atoms with E-state index in [4.69, 9.17) is 5.10 Å². The van der Waals surface area contributed by atoms with E-state index in [2.05, 4.69) is 6.07 Å². The van der Waals surface area contributed by atoms with Crippen molar-refractivity contribution < 1.29 is 9.90 Å². The van der Waals surface area contributed by atoms with Crippen molar-refractivity contribution in [2.24, 2.45) is 5.92 Å². The van der Waals surface area contributed by atoms with Crippen LogP contribution in [0.1, 0.15) is 42.9 Å². The average Bonchev–Trinajstić information content (AvgIpc) is 3.18. The molecule has 0 spiro atoms. The Morgan fingerprint density at radius 2 is 1.77 bits per heavy atom. The van der Waals surface area contributed by atoms with Crippen LogP contribution in [-0.2, 0) is 4.79 Å². The monoisotopic (exact) mass is 344 g/mol. The van der Waals surface area contributed by atoms with Crippen LogP contribution in [0.3, 0.4) is 0 Å². The second kappa shape index (κ2) is 5.84. The van der Waals surface area contributed by atoms with Crippen molar-refractivity contribution in [3.8, 4) is 22.7 Å². The summed E-state index contributed by atoms with van der Waals surface area (Å²) >= 11 is 0. The summed E-state index contributed by atoms with van der Waals surface area (Å²) in [5, 5.41) is 15.8. The van der Waals surface area contributed by atoms with E-state index in [1.54, 1.807) is 0 Å². The summed E-state index contributed by atoms with van der Waals surface area (Å²) in [5.74, 6) is 0.337. The number of benzene rings is 2. The van der Waals surface area contributed by atoms with Crippen molar-refractivity contribution in [2.75, 3.05) is 0 Å². The average molecular weight is 344 g/mol. The molecule has 2 unspecified atom stereocenters. The van der Waals surface area contributed by atoms with Gasteiger partial charge in [0.25, 0.3) is 0 Å². The minimum Gasteiger partial charge on any atom is -0.504 e. The molecular weight excluding hydrogens is 324 g/mol. The molecule has 0 bridgehead atoms. The van der Waals surface area contributed by atoms with E-state index >= 15 is 0 Å². The molecule has 1 aliphatic heterocycles. The molecule has 26 heavy (non-hydrogen) atoms. The van der Waals surface area contributed by atoms with Crippen LogP contribution in [0.15, 0.2) is 54.6 Å². The summed E-state index contributed by atoms with van der Waals surface area (Å²) in [4.78, 5) is 12.7. The Balaban J connectivity index is 1.71. The Morgan fingerprint density at radius 1 is 1.00 bits per heavy atom. The summed E-state index contributed by atoms with van der Waals surface area (Å²) in [6, 6.07) is 17.8. The zero-order valence-electron chi connectivity index (χ0n) is 14.4. The quantitative estimate of drug-likeness (QED) is 0.747. The molecule has 1 aliphatic carbocycles. The van der Waals surface area contributed by atoms with E-state index in [0.717, 1.165) is 41.8 Å². The number of rotatable bonds is 2. The maximum absolute atomic E-state index is 12.7. The van der Waals surface area contributed by atoms with Gasteiger partial charge in [-0.15, -0.1) is 0 Å². The zero-order valence-corrected chi connectivity index (χ0v) is 14.4. The highest BCUT2D eigenvalue weighted by molar-refractivity contribution is 5.84. The fraction of sp³-hybridized carbons (Fsp3) is 0.273. The first kappa shape index (κ1) is 15.4. The normalized spacial score (nSPS) is 21.5. The number of nitrogens with zero attached hydrogens (tertiary/aromatic N) is 2. The number of aromatic hydroxyl groups is 1. The fourth-order valence-corrected chi connectivity index (χ4v) is 4.54. The number of hydrogen-bond acceptors (Lipinski definition) is 3. The molecule has 2 heterocycles. The standard InChI is InChI=1S/C22H20N2O2/c25-18-13-7-5-11-16(18)19-15-10-4-6-12-17(15)24-21(19)22(26)20(23-24)14-8-2-1-3-9-14/h1-4,6,8-10,12,16,19,26H,5,7,11,13H2. The molecule has 3 aromatic rings. The van der Waals surface area contributed by atoms with Crippen molar-refractivity contribution in [1.82, 2.24) is 9.78 Å². The molecule has 4 nitrogen and oxygen atoms in total. The number of carbonyl (C=O) groups excluding carboxylic acids is 1. The van der Waals surface area contributed by atoms with E-state index in [-0.39, 0.29) is 17.6 Å². The summed E-state index contributed by atoms with van der Waals surface area (Å²) in [6.45, 7) is 0.